The van der Waals surface area contributed by atoms with E-state index in [2.05, 4.69) is 49.5 Å². The Morgan fingerprint density at radius 2 is 1.93 bits per heavy atom. The molecule has 1 aliphatic heterocycles. The predicted octanol–water partition coefficient (Wildman–Crippen LogP) is 6.58. The van der Waals surface area contributed by atoms with Crippen molar-refractivity contribution in [2.24, 2.45) is 0 Å². The zero-order chi connectivity index (χ0) is 20.6. The van der Waals surface area contributed by atoms with Crippen LogP contribution in [0.3, 0.4) is 0 Å². The first-order chi connectivity index (χ1) is 14.6. The Kier molecular flexibility index (Phi) is 5.73. The van der Waals surface area contributed by atoms with Crippen molar-refractivity contribution in [2.75, 3.05) is 5.32 Å². The van der Waals surface area contributed by atoms with Gasteiger partial charge in [-0.15, -0.1) is 11.3 Å². The van der Waals surface area contributed by atoms with Gasteiger partial charge in [0.1, 0.15) is 10.6 Å². The number of rotatable bonds is 5. The van der Waals surface area contributed by atoms with E-state index in [9.17, 15) is 0 Å². The summed E-state index contributed by atoms with van der Waals surface area (Å²) in [7, 11) is 0. The van der Waals surface area contributed by atoms with Gasteiger partial charge < -0.3 is 10.1 Å². The molecule has 3 aromatic rings. The molecular formula is C24H29N3OS2. The fourth-order valence-electron chi connectivity index (χ4n) is 4.46. The minimum absolute atomic E-state index is 0.135. The van der Waals surface area contributed by atoms with Crippen molar-refractivity contribution in [3.05, 3.63) is 46.3 Å². The van der Waals surface area contributed by atoms with E-state index in [0.717, 1.165) is 28.0 Å². The van der Waals surface area contributed by atoms with Gasteiger partial charge in [-0.2, -0.15) is 0 Å². The van der Waals surface area contributed by atoms with Crippen LogP contribution in [0.4, 0.5) is 5.82 Å². The van der Waals surface area contributed by atoms with E-state index < -0.39 is 0 Å². The highest BCUT2D eigenvalue weighted by Crippen LogP contribution is 2.42. The van der Waals surface area contributed by atoms with Crippen LogP contribution < -0.4 is 5.32 Å². The number of nitrogens with one attached hydrogen (secondary N) is 1. The molecule has 1 aliphatic carbocycles. The maximum absolute atomic E-state index is 6.08. The lowest BCUT2D eigenvalue weighted by Crippen LogP contribution is -2.31. The maximum atomic E-state index is 6.08. The first-order valence-electron chi connectivity index (χ1n) is 11.0. The first kappa shape index (κ1) is 20.3. The second kappa shape index (κ2) is 8.48. The number of hydrogen-bond donors (Lipinski definition) is 1. The van der Waals surface area contributed by atoms with Crippen LogP contribution in [0.15, 0.2) is 35.5 Å². The average molecular weight is 440 g/mol. The molecule has 30 heavy (non-hydrogen) atoms. The Morgan fingerprint density at radius 1 is 1.13 bits per heavy atom. The van der Waals surface area contributed by atoms with Crippen molar-refractivity contribution in [1.82, 2.24) is 9.97 Å². The largest absolute Gasteiger partial charge is 0.370 e. The Labute approximate surface area is 186 Å². The van der Waals surface area contributed by atoms with Crippen molar-refractivity contribution in [2.45, 2.75) is 81.5 Å². The molecule has 0 unspecified atom stereocenters. The molecular weight excluding hydrogens is 410 g/mol. The summed E-state index contributed by atoms with van der Waals surface area (Å²) in [6.45, 7) is 5.04. The molecule has 0 amide bonds. The normalized spacial score (nSPS) is 19.0. The van der Waals surface area contributed by atoms with Crippen molar-refractivity contribution in [1.29, 1.82) is 0 Å². The van der Waals surface area contributed by atoms with Gasteiger partial charge >= 0.3 is 0 Å². The maximum Gasteiger partial charge on any atom is 0.191 e. The van der Waals surface area contributed by atoms with Crippen LogP contribution in [-0.4, -0.2) is 21.6 Å². The Bertz CT molecular complexity index is 1030. The van der Waals surface area contributed by atoms with Crippen LogP contribution in [0.5, 0.6) is 0 Å². The van der Waals surface area contributed by atoms with E-state index >= 15 is 0 Å². The number of fused-ring (bicyclic) bond motifs is 3. The molecule has 1 N–H and O–H groups in total. The predicted molar refractivity (Wildman–Crippen MR) is 126 cm³/mol. The van der Waals surface area contributed by atoms with E-state index in [1.54, 1.807) is 23.1 Å². The van der Waals surface area contributed by atoms with Crippen LogP contribution in [0, 0.1) is 0 Å². The molecule has 0 spiro atoms. The number of hydrogen-bond acceptors (Lipinski definition) is 6. The second-order valence-corrected chi connectivity index (χ2v) is 11.0. The molecule has 1 aromatic carbocycles. The third-order valence-electron chi connectivity index (χ3n) is 6.07. The van der Waals surface area contributed by atoms with E-state index in [1.807, 2.05) is 0 Å². The molecule has 158 valence electrons. The third-order valence-corrected chi connectivity index (χ3v) is 8.08. The summed E-state index contributed by atoms with van der Waals surface area (Å²) in [6.07, 6.45) is 7.36. The summed E-state index contributed by atoms with van der Waals surface area (Å²) in [6, 6.07) is 11.1. The monoisotopic (exact) mass is 439 g/mol. The zero-order valence-electron chi connectivity index (χ0n) is 17.7. The van der Waals surface area contributed by atoms with Gasteiger partial charge in [0.25, 0.3) is 0 Å². The van der Waals surface area contributed by atoms with Crippen molar-refractivity contribution >= 4 is 39.1 Å². The summed E-state index contributed by atoms with van der Waals surface area (Å²) in [5, 5.41) is 5.93. The Morgan fingerprint density at radius 3 is 2.73 bits per heavy atom. The smallest absolute Gasteiger partial charge is 0.191 e. The SMILES string of the molecule is CC1(C)Cc2c(sc3nc(SCc4ccccc4)nc(NC4CCCCC4)c23)CO1. The van der Waals surface area contributed by atoms with Crippen LogP contribution in [0.1, 0.15) is 62.0 Å². The Hall–Kier alpha value is -1.63. The number of ether oxygens (including phenoxy) is 1. The molecule has 1 saturated carbocycles. The highest BCUT2D eigenvalue weighted by molar-refractivity contribution is 7.98. The van der Waals surface area contributed by atoms with Crippen LogP contribution in [-0.2, 0) is 23.5 Å². The molecule has 6 heteroatoms. The number of aromatic nitrogens is 2. The molecule has 1 fully saturated rings. The lowest BCUT2D eigenvalue weighted by atomic mass is 9.93. The molecule has 0 bridgehead atoms. The number of nitrogens with zero attached hydrogens (tertiary/aromatic N) is 2. The molecule has 3 heterocycles. The topological polar surface area (TPSA) is 47.0 Å². The van der Waals surface area contributed by atoms with Crippen LogP contribution in [0.25, 0.3) is 10.2 Å². The fraction of sp³-hybridized carbons (Fsp3) is 0.500. The van der Waals surface area contributed by atoms with Gasteiger partial charge in [0, 0.05) is 23.1 Å². The summed E-state index contributed by atoms with van der Waals surface area (Å²) in [4.78, 5) is 12.4. The number of thioether (sulfide) groups is 1. The zero-order valence-corrected chi connectivity index (χ0v) is 19.4. The van der Waals surface area contributed by atoms with E-state index in [1.165, 1.54) is 53.5 Å². The average Bonchev–Trinajstić information content (AvgIpc) is 3.10. The van der Waals surface area contributed by atoms with Gasteiger partial charge in [-0.3, -0.25) is 0 Å². The molecule has 2 aromatic heterocycles. The lowest BCUT2D eigenvalue weighted by Gasteiger charge is -2.30. The number of thiophene rings is 1. The third kappa shape index (κ3) is 4.36. The molecule has 0 atom stereocenters. The quantitative estimate of drug-likeness (QED) is 0.359. The minimum Gasteiger partial charge on any atom is -0.370 e. The van der Waals surface area contributed by atoms with Gasteiger partial charge in [-0.25, -0.2) is 9.97 Å². The summed E-state index contributed by atoms with van der Waals surface area (Å²) < 4.78 is 6.08. The molecule has 2 aliphatic rings. The number of benzene rings is 1. The summed E-state index contributed by atoms with van der Waals surface area (Å²) >= 11 is 3.51. The van der Waals surface area contributed by atoms with Crippen LogP contribution in [0.2, 0.25) is 0 Å². The minimum atomic E-state index is -0.135. The van der Waals surface area contributed by atoms with Gasteiger partial charge in [0.15, 0.2) is 5.16 Å². The van der Waals surface area contributed by atoms with Gasteiger partial charge in [-0.1, -0.05) is 61.4 Å². The molecule has 0 radical (unpaired) electrons. The van der Waals surface area contributed by atoms with Gasteiger partial charge in [-0.05, 0) is 37.8 Å². The van der Waals surface area contributed by atoms with Gasteiger partial charge in [0.2, 0.25) is 0 Å². The summed E-state index contributed by atoms with van der Waals surface area (Å²) in [5.41, 5.74) is 2.56. The van der Waals surface area contributed by atoms with E-state index in [4.69, 9.17) is 14.7 Å². The highest BCUT2D eigenvalue weighted by Gasteiger charge is 2.31. The van der Waals surface area contributed by atoms with Crippen molar-refractivity contribution in [3.63, 3.8) is 0 Å². The van der Waals surface area contributed by atoms with Crippen LogP contribution >= 0.6 is 23.1 Å². The summed E-state index contributed by atoms with van der Waals surface area (Å²) in [5.74, 6) is 1.92. The van der Waals surface area contributed by atoms with Crippen molar-refractivity contribution in [3.8, 4) is 0 Å². The molecule has 5 rings (SSSR count). The molecule has 4 nitrogen and oxygen atoms in total. The van der Waals surface area contributed by atoms with E-state index in [0.29, 0.717) is 12.6 Å². The van der Waals surface area contributed by atoms with E-state index in [-0.39, 0.29) is 5.60 Å². The standard InChI is InChI=1S/C24H29N3OS2/c1-24(2)13-18-19(14-28-24)30-22-20(18)21(25-17-11-7-4-8-12-17)26-23(27-22)29-15-16-9-5-3-6-10-16/h3,5-6,9-10,17H,4,7-8,11-15H2,1-2H3,(H,25,26,27). The van der Waals surface area contributed by atoms with Gasteiger partial charge in [0.05, 0.1) is 17.6 Å². The first-order valence-corrected chi connectivity index (χ1v) is 12.8. The second-order valence-electron chi connectivity index (χ2n) is 9.02. The lowest BCUT2D eigenvalue weighted by molar-refractivity contribution is -0.0379. The molecule has 0 saturated heterocycles. The fourth-order valence-corrected chi connectivity index (χ4v) is 6.42. The Balaban J connectivity index is 1.51. The highest BCUT2D eigenvalue weighted by atomic mass is 32.2. The number of anilines is 1. The van der Waals surface area contributed by atoms with Crippen molar-refractivity contribution < 1.29 is 4.74 Å².